The van der Waals surface area contributed by atoms with Crippen molar-refractivity contribution < 1.29 is 0 Å². The minimum Gasteiger partial charge on any atom is -0.236 e. The van der Waals surface area contributed by atoms with Crippen LogP contribution in [0.1, 0.15) is 5.56 Å². The molecule has 5 rings (SSSR count). The molecule has 0 bridgehead atoms. The lowest BCUT2D eigenvalue weighted by Gasteiger charge is -2.01. The van der Waals surface area contributed by atoms with Crippen LogP contribution in [0.3, 0.4) is 0 Å². The monoisotopic (exact) mass is 348 g/mol. The van der Waals surface area contributed by atoms with Gasteiger partial charge in [-0.25, -0.2) is 14.6 Å². The molecule has 0 unspecified atom stereocenters. The maximum atomic E-state index is 4.71. The van der Waals surface area contributed by atoms with Crippen molar-refractivity contribution in [1.82, 2.24) is 14.6 Å². The molecule has 0 saturated heterocycles. The fourth-order valence-electron chi connectivity index (χ4n) is 3.29. The van der Waals surface area contributed by atoms with Crippen LogP contribution in [0.5, 0.6) is 0 Å². The van der Waals surface area contributed by atoms with Crippen molar-refractivity contribution in [3.63, 3.8) is 0 Å². The summed E-state index contributed by atoms with van der Waals surface area (Å²) in [5, 5.41) is 7.10. The van der Waals surface area contributed by atoms with Gasteiger partial charge in [0.15, 0.2) is 5.82 Å². The number of para-hydroxylation sites is 2. The Hall–Kier alpha value is -3.79. The van der Waals surface area contributed by atoms with E-state index < -0.39 is 0 Å². The summed E-state index contributed by atoms with van der Waals surface area (Å²) in [6.07, 6.45) is 5.40. The molecule has 2 aromatic heterocycles. The van der Waals surface area contributed by atoms with Crippen molar-refractivity contribution in [1.29, 1.82) is 0 Å². The molecule has 4 nitrogen and oxygen atoms in total. The molecule has 2 heterocycles. The Morgan fingerprint density at radius 3 is 1.85 bits per heavy atom. The van der Waals surface area contributed by atoms with Gasteiger partial charge in [-0.05, 0) is 12.1 Å². The lowest BCUT2D eigenvalue weighted by molar-refractivity contribution is 0.974. The molecular formula is C23H16N4. The number of fused-ring (bicyclic) bond motifs is 3. The zero-order valence-electron chi connectivity index (χ0n) is 14.5. The Labute approximate surface area is 156 Å². The normalized spacial score (nSPS) is 11.6. The summed E-state index contributed by atoms with van der Waals surface area (Å²) >= 11 is 0. The molecule has 0 aliphatic rings. The molecule has 0 atom stereocenters. The molecule has 4 heteroatoms. The highest BCUT2D eigenvalue weighted by Gasteiger charge is 2.08. The second-order valence-electron chi connectivity index (χ2n) is 6.30. The van der Waals surface area contributed by atoms with Gasteiger partial charge in [0.05, 0.1) is 17.2 Å². The number of rotatable bonds is 3. The van der Waals surface area contributed by atoms with Gasteiger partial charge in [0, 0.05) is 34.3 Å². The maximum Gasteiger partial charge on any atom is 0.159 e. The van der Waals surface area contributed by atoms with E-state index in [1.54, 1.807) is 18.6 Å². The van der Waals surface area contributed by atoms with E-state index in [9.17, 15) is 0 Å². The smallest absolute Gasteiger partial charge is 0.159 e. The quantitative estimate of drug-likeness (QED) is 0.424. The van der Waals surface area contributed by atoms with Crippen LogP contribution in [0.4, 0.5) is 0 Å². The molecule has 0 radical (unpaired) electrons. The molecule has 0 spiro atoms. The van der Waals surface area contributed by atoms with E-state index in [1.807, 2.05) is 47.1 Å². The summed E-state index contributed by atoms with van der Waals surface area (Å²) in [6, 6.07) is 26.5. The minimum atomic E-state index is 0.713. The van der Waals surface area contributed by atoms with Gasteiger partial charge in [-0.1, -0.05) is 66.7 Å². The highest BCUT2D eigenvalue weighted by atomic mass is 15.3. The SMILES string of the molecule is C(=N\n1c2ccccc2c2ccccc21)/c1cnc(-c2ccccc2)nc1. The van der Waals surface area contributed by atoms with Crippen LogP contribution in [0, 0.1) is 0 Å². The Kier molecular flexibility index (Phi) is 3.72. The van der Waals surface area contributed by atoms with Crippen molar-refractivity contribution in [3.05, 3.63) is 96.8 Å². The van der Waals surface area contributed by atoms with Crippen LogP contribution in [0.15, 0.2) is 96.4 Å². The third-order valence-corrected chi connectivity index (χ3v) is 4.58. The molecular weight excluding hydrogens is 332 g/mol. The summed E-state index contributed by atoms with van der Waals surface area (Å²) in [5.41, 5.74) is 4.02. The van der Waals surface area contributed by atoms with Crippen molar-refractivity contribution in [2.24, 2.45) is 5.10 Å². The number of benzene rings is 3. The fourth-order valence-corrected chi connectivity index (χ4v) is 3.29. The summed E-state index contributed by atoms with van der Waals surface area (Å²) in [7, 11) is 0. The van der Waals surface area contributed by atoms with Gasteiger partial charge in [-0.15, -0.1) is 0 Å². The van der Waals surface area contributed by atoms with Gasteiger partial charge in [0.2, 0.25) is 0 Å². The molecule has 5 aromatic rings. The van der Waals surface area contributed by atoms with Gasteiger partial charge in [-0.2, -0.15) is 5.10 Å². The molecule has 0 fully saturated rings. The molecule has 3 aromatic carbocycles. The molecule has 0 amide bonds. The zero-order valence-corrected chi connectivity index (χ0v) is 14.5. The number of nitrogens with zero attached hydrogens (tertiary/aromatic N) is 4. The zero-order chi connectivity index (χ0) is 18.1. The average molecular weight is 348 g/mol. The molecule has 0 N–H and O–H groups in total. The van der Waals surface area contributed by atoms with Gasteiger partial charge in [0.1, 0.15) is 0 Å². The molecule has 128 valence electrons. The van der Waals surface area contributed by atoms with Crippen molar-refractivity contribution >= 4 is 28.0 Å². The molecule has 0 aliphatic heterocycles. The average Bonchev–Trinajstić information content (AvgIpc) is 3.07. The molecule has 0 saturated carbocycles. The van der Waals surface area contributed by atoms with Gasteiger partial charge >= 0.3 is 0 Å². The van der Waals surface area contributed by atoms with E-state index in [2.05, 4.69) is 46.4 Å². The largest absolute Gasteiger partial charge is 0.236 e. The first-order valence-corrected chi connectivity index (χ1v) is 8.80. The van der Waals surface area contributed by atoms with E-state index in [-0.39, 0.29) is 0 Å². The third kappa shape index (κ3) is 2.77. The maximum absolute atomic E-state index is 4.71. The minimum absolute atomic E-state index is 0.713. The number of hydrogen-bond donors (Lipinski definition) is 0. The van der Waals surface area contributed by atoms with Gasteiger partial charge < -0.3 is 0 Å². The second kappa shape index (κ2) is 6.50. The highest BCUT2D eigenvalue weighted by Crippen LogP contribution is 2.28. The van der Waals surface area contributed by atoms with Gasteiger partial charge in [-0.3, -0.25) is 0 Å². The van der Waals surface area contributed by atoms with Crippen LogP contribution in [-0.4, -0.2) is 20.9 Å². The summed E-state index contributed by atoms with van der Waals surface area (Å²) < 4.78 is 1.97. The van der Waals surface area contributed by atoms with Crippen LogP contribution in [0.25, 0.3) is 33.2 Å². The molecule has 27 heavy (non-hydrogen) atoms. The summed E-state index contributed by atoms with van der Waals surface area (Å²) in [6.45, 7) is 0. The topological polar surface area (TPSA) is 43.1 Å². The molecule has 0 aliphatic carbocycles. The predicted molar refractivity (Wildman–Crippen MR) is 110 cm³/mol. The predicted octanol–water partition coefficient (Wildman–Crippen LogP) is 5.13. The van der Waals surface area contributed by atoms with Crippen LogP contribution >= 0.6 is 0 Å². The van der Waals surface area contributed by atoms with E-state index in [0.29, 0.717) is 5.82 Å². The number of aromatic nitrogens is 3. The Balaban J connectivity index is 1.54. The highest BCUT2D eigenvalue weighted by molar-refractivity contribution is 6.08. The van der Waals surface area contributed by atoms with Crippen LogP contribution in [-0.2, 0) is 0 Å². The Bertz CT molecular complexity index is 1200. The van der Waals surface area contributed by atoms with E-state index >= 15 is 0 Å². The summed E-state index contributed by atoms with van der Waals surface area (Å²) in [5.74, 6) is 0.713. The van der Waals surface area contributed by atoms with Gasteiger partial charge in [0.25, 0.3) is 0 Å². The number of hydrogen-bond acceptors (Lipinski definition) is 3. The first-order valence-electron chi connectivity index (χ1n) is 8.80. The summed E-state index contributed by atoms with van der Waals surface area (Å²) in [4.78, 5) is 8.92. The van der Waals surface area contributed by atoms with Crippen molar-refractivity contribution in [2.45, 2.75) is 0 Å². The van der Waals surface area contributed by atoms with Crippen molar-refractivity contribution in [3.8, 4) is 11.4 Å². The first kappa shape index (κ1) is 15.5. The lowest BCUT2D eigenvalue weighted by atomic mass is 10.2. The van der Waals surface area contributed by atoms with E-state index in [4.69, 9.17) is 5.10 Å². The fraction of sp³-hybridized carbons (Fsp3) is 0. The van der Waals surface area contributed by atoms with E-state index in [1.165, 1.54) is 10.8 Å². The lowest BCUT2D eigenvalue weighted by Crippen LogP contribution is -1.94. The Morgan fingerprint density at radius 2 is 1.22 bits per heavy atom. The standard InChI is InChI=1S/C23H16N4/c1-2-8-18(9-3-1)23-24-14-17(15-25-23)16-26-27-21-12-6-4-10-19(21)20-11-5-7-13-22(20)27/h1-16H/b26-16+. The third-order valence-electron chi connectivity index (χ3n) is 4.58. The second-order valence-corrected chi connectivity index (χ2v) is 6.30. The first-order chi connectivity index (χ1) is 13.4. The Morgan fingerprint density at radius 1 is 0.667 bits per heavy atom. The van der Waals surface area contributed by atoms with E-state index in [0.717, 1.165) is 22.2 Å². The van der Waals surface area contributed by atoms with Crippen LogP contribution in [0.2, 0.25) is 0 Å². The van der Waals surface area contributed by atoms with Crippen LogP contribution < -0.4 is 0 Å². The van der Waals surface area contributed by atoms with Crippen molar-refractivity contribution in [2.75, 3.05) is 0 Å².